The van der Waals surface area contributed by atoms with Crippen molar-refractivity contribution in [3.8, 4) is 0 Å². The molecule has 1 amide bonds. The Balaban J connectivity index is 2.32. The minimum Gasteiger partial charge on any atom is -0.378 e. The monoisotopic (exact) mass is 326 g/mol. The van der Waals surface area contributed by atoms with Gasteiger partial charge in [-0.1, -0.05) is 6.07 Å². The first-order valence-corrected chi connectivity index (χ1v) is 8.79. The van der Waals surface area contributed by atoms with Crippen molar-refractivity contribution in [3.05, 3.63) is 29.3 Å². The van der Waals surface area contributed by atoms with Gasteiger partial charge in [-0.25, -0.2) is 13.1 Å². The van der Waals surface area contributed by atoms with Crippen molar-refractivity contribution >= 4 is 15.9 Å². The average Bonchev–Trinajstić information content (AvgIpc) is 2.46. The maximum Gasteiger partial charge on any atom is 0.254 e. The van der Waals surface area contributed by atoms with E-state index in [1.54, 1.807) is 31.7 Å². The van der Waals surface area contributed by atoms with Crippen LogP contribution in [-0.2, 0) is 14.8 Å². The highest BCUT2D eigenvalue weighted by molar-refractivity contribution is 7.89. The molecule has 1 aliphatic heterocycles. The quantitative estimate of drug-likeness (QED) is 0.901. The molecule has 1 aliphatic rings. The predicted octanol–water partition coefficient (Wildman–Crippen LogP) is 1.15. The number of hydrogen-bond acceptors (Lipinski definition) is 4. The highest BCUT2D eigenvalue weighted by atomic mass is 32.2. The normalized spacial score (nSPS) is 16.1. The van der Waals surface area contributed by atoms with Crippen molar-refractivity contribution in [1.29, 1.82) is 0 Å². The van der Waals surface area contributed by atoms with Crippen LogP contribution in [0.5, 0.6) is 0 Å². The van der Waals surface area contributed by atoms with E-state index in [-0.39, 0.29) is 16.8 Å². The zero-order valence-electron chi connectivity index (χ0n) is 13.1. The van der Waals surface area contributed by atoms with E-state index >= 15 is 0 Å². The Labute approximate surface area is 131 Å². The lowest BCUT2D eigenvalue weighted by molar-refractivity contribution is 0.0302. The molecule has 122 valence electrons. The second kappa shape index (κ2) is 6.76. The van der Waals surface area contributed by atoms with Gasteiger partial charge in [0.1, 0.15) is 0 Å². The van der Waals surface area contributed by atoms with Gasteiger partial charge in [0.05, 0.1) is 18.1 Å². The summed E-state index contributed by atoms with van der Waals surface area (Å²) in [4.78, 5) is 14.4. The summed E-state index contributed by atoms with van der Waals surface area (Å²) in [7, 11) is -3.61. The lowest BCUT2D eigenvalue weighted by Crippen LogP contribution is -2.41. The van der Waals surface area contributed by atoms with E-state index < -0.39 is 10.0 Å². The van der Waals surface area contributed by atoms with Gasteiger partial charge in [0.25, 0.3) is 5.91 Å². The third kappa shape index (κ3) is 3.85. The molecule has 0 spiro atoms. The number of morpholine rings is 1. The van der Waals surface area contributed by atoms with Crippen molar-refractivity contribution in [1.82, 2.24) is 9.62 Å². The van der Waals surface area contributed by atoms with Gasteiger partial charge >= 0.3 is 0 Å². The van der Waals surface area contributed by atoms with E-state index in [0.29, 0.717) is 31.9 Å². The van der Waals surface area contributed by atoms with Crippen LogP contribution in [0, 0.1) is 6.92 Å². The van der Waals surface area contributed by atoms with Crippen molar-refractivity contribution in [2.75, 3.05) is 26.3 Å². The molecule has 1 saturated heterocycles. The average molecular weight is 326 g/mol. The van der Waals surface area contributed by atoms with Crippen LogP contribution >= 0.6 is 0 Å². The number of nitrogens with zero attached hydrogens (tertiary/aromatic N) is 1. The highest BCUT2D eigenvalue weighted by Gasteiger charge is 2.23. The summed E-state index contributed by atoms with van der Waals surface area (Å²) in [6.45, 7) is 7.39. The van der Waals surface area contributed by atoms with Crippen LogP contribution in [0.25, 0.3) is 0 Å². The lowest BCUT2D eigenvalue weighted by Gasteiger charge is -2.27. The summed E-state index contributed by atoms with van der Waals surface area (Å²) in [5, 5.41) is 0. The summed E-state index contributed by atoms with van der Waals surface area (Å²) in [6.07, 6.45) is 0. The van der Waals surface area contributed by atoms with Gasteiger partial charge in [-0.05, 0) is 38.5 Å². The molecule has 22 heavy (non-hydrogen) atoms. The number of carbonyl (C=O) groups excluding carboxylic acids is 1. The predicted molar refractivity (Wildman–Crippen MR) is 83.4 cm³/mol. The van der Waals surface area contributed by atoms with Gasteiger partial charge in [-0.15, -0.1) is 0 Å². The Kier molecular flexibility index (Phi) is 5.20. The van der Waals surface area contributed by atoms with Crippen molar-refractivity contribution in [2.45, 2.75) is 31.7 Å². The summed E-state index contributed by atoms with van der Waals surface area (Å²) < 4.78 is 32.3. The molecule has 0 radical (unpaired) electrons. The molecular weight excluding hydrogens is 304 g/mol. The van der Waals surface area contributed by atoms with Crippen molar-refractivity contribution in [3.63, 3.8) is 0 Å². The number of aryl methyl sites for hydroxylation is 1. The van der Waals surface area contributed by atoms with E-state index in [1.807, 2.05) is 0 Å². The first kappa shape index (κ1) is 16.9. The second-order valence-corrected chi connectivity index (χ2v) is 7.37. The Morgan fingerprint density at radius 1 is 1.27 bits per heavy atom. The van der Waals surface area contributed by atoms with Crippen LogP contribution < -0.4 is 4.72 Å². The van der Waals surface area contributed by atoms with Crippen molar-refractivity contribution in [2.24, 2.45) is 0 Å². The van der Waals surface area contributed by atoms with Crippen LogP contribution in [0.4, 0.5) is 0 Å². The van der Waals surface area contributed by atoms with Gasteiger partial charge in [-0.2, -0.15) is 0 Å². The maximum atomic E-state index is 12.6. The van der Waals surface area contributed by atoms with Crippen molar-refractivity contribution < 1.29 is 17.9 Å². The van der Waals surface area contributed by atoms with Gasteiger partial charge < -0.3 is 9.64 Å². The third-order valence-corrected chi connectivity index (χ3v) is 5.10. The molecule has 0 unspecified atom stereocenters. The Morgan fingerprint density at radius 2 is 1.91 bits per heavy atom. The van der Waals surface area contributed by atoms with Gasteiger partial charge in [0, 0.05) is 24.7 Å². The highest BCUT2D eigenvalue weighted by Crippen LogP contribution is 2.18. The molecular formula is C15H22N2O4S. The Morgan fingerprint density at radius 3 is 2.50 bits per heavy atom. The van der Waals surface area contributed by atoms with Crippen LogP contribution in [0.15, 0.2) is 23.1 Å². The maximum absolute atomic E-state index is 12.6. The van der Waals surface area contributed by atoms with Crippen LogP contribution in [0.2, 0.25) is 0 Å². The number of amides is 1. The summed E-state index contributed by atoms with van der Waals surface area (Å²) in [5.74, 6) is -0.151. The fourth-order valence-corrected chi connectivity index (χ4v) is 3.59. The molecule has 2 rings (SSSR count). The number of nitrogens with one attached hydrogen (secondary N) is 1. The van der Waals surface area contributed by atoms with Gasteiger partial charge in [0.2, 0.25) is 10.0 Å². The van der Waals surface area contributed by atoms with E-state index in [1.165, 1.54) is 12.1 Å². The summed E-state index contributed by atoms with van der Waals surface area (Å²) in [5.41, 5.74) is 1.19. The molecule has 1 fully saturated rings. The van der Waals surface area contributed by atoms with E-state index in [4.69, 9.17) is 4.74 Å². The number of sulfonamides is 1. The minimum atomic E-state index is -3.61. The molecule has 0 aromatic heterocycles. The van der Waals surface area contributed by atoms with Crippen LogP contribution in [0.3, 0.4) is 0 Å². The SMILES string of the molecule is Cc1ccc(S(=O)(=O)NC(C)C)cc1C(=O)N1CCOCC1. The fourth-order valence-electron chi connectivity index (χ4n) is 2.31. The van der Waals surface area contributed by atoms with Gasteiger partial charge in [0.15, 0.2) is 0 Å². The summed E-state index contributed by atoms with van der Waals surface area (Å²) in [6, 6.07) is 4.45. The number of ether oxygens (including phenoxy) is 1. The van der Waals surface area contributed by atoms with Crippen LogP contribution in [-0.4, -0.2) is 51.6 Å². The molecule has 0 aliphatic carbocycles. The fraction of sp³-hybridized carbons (Fsp3) is 0.533. The Bertz CT molecular complexity index is 650. The number of benzene rings is 1. The molecule has 1 heterocycles. The molecule has 0 atom stereocenters. The van der Waals surface area contributed by atoms with E-state index in [0.717, 1.165) is 5.56 Å². The molecule has 1 aromatic rings. The Hall–Kier alpha value is -1.44. The smallest absolute Gasteiger partial charge is 0.254 e. The number of carbonyl (C=O) groups is 1. The standard InChI is InChI=1S/C15H22N2O4S/c1-11(2)16-22(19,20)13-5-4-12(3)14(10-13)15(18)17-6-8-21-9-7-17/h4-5,10-11,16H,6-9H2,1-3H3. The van der Waals surface area contributed by atoms with E-state index in [9.17, 15) is 13.2 Å². The zero-order valence-corrected chi connectivity index (χ0v) is 13.9. The van der Waals surface area contributed by atoms with Gasteiger partial charge in [-0.3, -0.25) is 4.79 Å². The first-order valence-electron chi connectivity index (χ1n) is 7.31. The minimum absolute atomic E-state index is 0.114. The molecule has 1 aromatic carbocycles. The topological polar surface area (TPSA) is 75.7 Å². The number of rotatable bonds is 4. The summed E-state index contributed by atoms with van der Waals surface area (Å²) >= 11 is 0. The lowest BCUT2D eigenvalue weighted by atomic mass is 10.1. The largest absolute Gasteiger partial charge is 0.378 e. The molecule has 6 nitrogen and oxygen atoms in total. The third-order valence-electron chi connectivity index (χ3n) is 3.44. The second-order valence-electron chi connectivity index (χ2n) is 5.66. The molecule has 0 saturated carbocycles. The van der Waals surface area contributed by atoms with E-state index in [2.05, 4.69) is 4.72 Å². The zero-order chi connectivity index (χ0) is 16.3. The molecule has 0 bridgehead atoms. The number of hydrogen-bond donors (Lipinski definition) is 1. The van der Waals surface area contributed by atoms with Crippen LogP contribution in [0.1, 0.15) is 29.8 Å². The molecule has 1 N–H and O–H groups in total. The molecule has 7 heteroatoms. The first-order chi connectivity index (χ1) is 10.3.